The average Bonchev–Trinajstić information content (AvgIpc) is 2.88. The zero-order valence-electron chi connectivity index (χ0n) is 12.3. The summed E-state index contributed by atoms with van der Waals surface area (Å²) < 4.78 is 0. The van der Waals surface area contributed by atoms with Crippen LogP contribution in [0.2, 0.25) is 0 Å². The largest absolute Gasteiger partial charge is 0.333 e. The molecule has 0 saturated heterocycles. The van der Waals surface area contributed by atoms with Gasteiger partial charge in [-0.2, -0.15) is 0 Å². The first-order chi connectivity index (χ1) is 11.6. The van der Waals surface area contributed by atoms with Crippen molar-refractivity contribution in [2.24, 2.45) is 5.11 Å². The molecule has 1 aliphatic rings. The van der Waals surface area contributed by atoms with E-state index in [0.29, 0.717) is 22.9 Å². The van der Waals surface area contributed by atoms with Crippen molar-refractivity contribution in [1.29, 1.82) is 0 Å². The fraction of sp³-hybridized carbons (Fsp3) is 0.214. The highest BCUT2D eigenvalue weighted by Crippen LogP contribution is 2.32. The quantitative estimate of drug-likeness (QED) is 0.174. The van der Waals surface area contributed by atoms with Crippen LogP contribution in [0.1, 0.15) is 12.8 Å². The predicted molar refractivity (Wildman–Crippen MR) is 89.9 cm³/mol. The number of benzene rings is 1. The normalized spacial score (nSPS) is 13.1. The van der Waals surface area contributed by atoms with Crippen molar-refractivity contribution >= 4 is 45.1 Å². The van der Waals surface area contributed by atoms with Crippen molar-refractivity contribution < 1.29 is 19.2 Å². The lowest BCUT2D eigenvalue weighted by Gasteiger charge is -2.12. The van der Waals surface area contributed by atoms with E-state index in [0.717, 1.165) is 17.0 Å². The summed E-state index contributed by atoms with van der Waals surface area (Å²) >= 11 is 0. The van der Waals surface area contributed by atoms with Crippen LogP contribution in [0, 0.1) is 0 Å². The summed E-state index contributed by atoms with van der Waals surface area (Å²) in [4.78, 5) is 42.4. The number of carbonyl (C=O) groups excluding carboxylic acids is 3. The number of hydrogen-bond acceptors (Lipinski definition) is 7. The molecule has 124 valence electrons. The molecule has 0 aliphatic carbocycles. The maximum Gasteiger partial charge on any atom is 0.333 e. The van der Waals surface area contributed by atoms with Crippen molar-refractivity contribution in [3.63, 3.8) is 0 Å². The van der Waals surface area contributed by atoms with Crippen molar-refractivity contribution in [3.8, 4) is 0 Å². The van der Waals surface area contributed by atoms with Gasteiger partial charge in [-0.15, -0.1) is 0 Å². The van der Waals surface area contributed by atoms with E-state index in [1.165, 1.54) is 10.8 Å². The molecule has 2 rings (SSSR count). The maximum atomic E-state index is 11.6. The second-order valence-electron chi connectivity index (χ2n) is 4.46. The van der Waals surface area contributed by atoms with Crippen LogP contribution in [0.15, 0.2) is 46.4 Å². The fourth-order valence-electron chi connectivity index (χ4n) is 1.63. The zero-order chi connectivity index (χ0) is 17.4. The Morgan fingerprint density at radius 3 is 2.50 bits per heavy atom. The van der Waals surface area contributed by atoms with Crippen LogP contribution < -0.4 is 0 Å². The first-order valence-electron chi connectivity index (χ1n) is 6.81. The van der Waals surface area contributed by atoms with E-state index in [-0.39, 0.29) is 6.42 Å². The zero-order valence-corrected chi connectivity index (χ0v) is 14.0. The highest BCUT2D eigenvalue weighted by molar-refractivity contribution is 8.76. The van der Waals surface area contributed by atoms with Gasteiger partial charge in [0.15, 0.2) is 0 Å². The van der Waals surface area contributed by atoms with Crippen molar-refractivity contribution in [1.82, 2.24) is 5.06 Å². The number of carbonyl (C=O) groups is 3. The van der Waals surface area contributed by atoms with E-state index in [9.17, 15) is 14.4 Å². The summed E-state index contributed by atoms with van der Waals surface area (Å²) in [6.45, 7) is 0. The number of azide groups is 1. The van der Waals surface area contributed by atoms with Crippen LogP contribution >= 0.6 is 21.6 Å². The Labute approximate surface area is 145 Å². The molecule has 1 aromatic carbocycles. The maximum absolute atomic E-state index is 11.6. The van der Waals surface area contributed by atoms with Gasteiger partial charge in [-0.25, -0.2) is 4.79 Å². The van der Waals surface area contributed by atoms with Crippen LogP contribution in [-0.2, 0) is 19.2 Å². The van der Waals surface area contributed by atoms with Gasteiger partial charge in [-0.3, -0.25) is 9.59 Å². The number of hydrogen-bond donors (Lipinski definition) is 0. The molecule has 0 saturated carbocycles. The molecule has 1 aliphatic heterocycles. The summed E-state index contributed by atoms with van der Waals surface area (Å²) in [5.41, 5.74) is 8.87. The molecular formula is C14H12N4O4S2. The van der Waals surface area contributed by atoms with Crippen LogP contribution in [0.5, 0.6) is 0 Å². The number of hydroxylamine groups is 2. The SMILES string of the molecule is [N-]=[N+]=Nc1ccc(SSCCCC(=O)ON2C(=O)C=CC2=O)cc1. The van der Waals surface area contributed by atoms with E-state index in [2.05, 4.69) is 10.0 Å². The number of imide groups is 1. The third-order valence-corrected chi connectivity index (χ3v) is 5.19. The standard InChI is InChI=1S/C14H12N4O4S2/c15-17-16-10-3-5-11(6-4-10)24-23-9-1-2-14(21)22-18-12(19)7-8-13(18)20/h3-8H,1-2,9H2. The minimum atomic E-state index is -0.650. The van der Waals surface area contributed by atoms with E-state index in [1.54, 1.807) is 22.9 Å². The Morgan fingerprint density at radius 2 is 1.88 bits per heavy atom. The summed E-state index contributed by atoms with van der Waals surface area (Å²) in [6, 6.07) is 7.12. The fourth-order valence-corrected chi connectivity index (χ4v) is 3.70. The van der Waals surface area contributed by atoms with E-state index in [4.69, 9.17) is 10.4 Å². The summed E-state index contributed by atoms with van der Waals surface area (Å²) in [5, 5.41) is 3.94. The van der Waals surface area contributed by atoms with Gasteiger partial charge in [0.05, 0.1) is 0 Å². The second-order valence-corrected chi connectivity index (χ2v) is 6.95. The van der Waals surface area contributed by atoms with Gasteiger partial charge >= 0.3 is 5.97 Å². The summed E-state index contributed by atoms with van der Waals surface area (Å²) in [5.74, 6) is -1.23. The van der Waals surface area contributed by atoms with Crippen molar-refractivity contribution in [3.05, 3.63) is 46.9 Å². The van der Waals surface area contributed by atoms with E-state index < -0.39 is 17.8 Å². The third-order valence-electron chi connectivity index (χ3n) is 2.72. The Kier molecular flexibility index (Phi) is 6.74. The van der Waals surface area contributed by atoms with E-state index >= 15 is 0 Å². The van der Waals surface area contributed by atoms with Crippen LogP contribution in [0.3, 0.4) is 0 Å². The van der Waals surface area contributed by atoms with Gasteiger partial charge in [-0.1, -0.05) is 43.9 Å². The van der Waals surface area contributed by atoms with Crippen LogP contribution in [0.25, 0.3) is 10.4 Å². The molecule has 1 heterocycles. The minimum Gasteiger partial charge on any atom is -0.330 e. The van der Waals surface area contributed by atoms with Crippen molar-refractivity contribution in [2.75, 3.05) is 5.75 Å². The second kappa shape index (κ2) is 9.02. The molecule has 0 N–H and O–H groups in total. The van der Waals surface area contributed by atoms with Gasteiger partial charge in [0.25, 0.3) is 11.8 Å². The van der Waals surface area contributed by atoms with Gasteiger partial charge in [0.2, 0.25) is 0 Å². The molecular weight excluding hydrogens is 352 g/mol. The Balaban J connectivity index is 1.62. The number of rotatable bonds is 8. The molecule has 24 heavy (non-hydrogen) atoms. The van der Waals surface area contributed by atoms with Gasteiger partial charge < -0.3 is 4.84 Å². The summed E-state index contributed by atoms with van der Waals surface area (Å²) in [6.07, 6.45) is 2.77. The first kappa shape index (κ1) is 17.9. The van der Waals surface area contributed by atoms with Gasteiger partial charge in [-0.05, 0) is 24.1 Å². The third kappa shape index (κ3) is 5.34. The monoisotopic (exact) mass is 364 g/mol. The lowest BCUT2D eigenvalue weighted by Crippen LogP contribution is -2.32. The molecule has 0 atom stereocenters. The van der Waals surface area contributed by atoms with Crippen LogP contribution in [-0.4, -0.2) is 28.6 Å². The Bertz CT molecular complexity index is 696. The molecule has 8 nitrogen and oxygen atoms in total. The molecule has 0 aromatic heterocycles. The molecule has 0 spiro atoms. The highest BCUT2D eigenvalue weighted by Gasteiger charge is 2.27. The molecule has 0 fully saturated rings. The average molecular weight is 364 g/mol. The smallest absolute Gasteiger partial charge is 0.330 e. The van der Waals surface area contributed by atoms with E-state index in [1.807, 2.05) is 12.1 Å². The number of amides is 2. The topological polar surface area (TPSA) is 112 Å². The first-order valence-corrected chi connectivity index (χ1v) is 9.13. The van der Waals surface area contributed by atoms with Gasteiger partial charge in [0.1, 0.15) is 0 Å². The minimum absolute atomic E-state index is 0.112. The van der Waals surface area contributed by atoms with Crippen molar-refractivity contribution in [2.45, 2.75) is 17.7 Å². The molecule has 0 bridgehead atoms. The molecule has 10 heteroatoms. The highest BCUT2D eigenvalue weighted by atomic mass is 33.1. The lowest BCUT2D eigenvalue weighted by molar-refractivity contribution is -0.196. The van der Waals surface area contributed by atoms with Gasteiger partial charge in [0, 0.05) is 39.8 Å². The summed E-state index contributed by atoms with van der Waals surface area (Å²) in [7, 11) is 3.09. The lowest BCUT2D eigenvalue weighted by atomic mass is 10.3. The van der Waals surface area contributed by atoms with Crippen LogP contribution in [0.4, 0.5) is 5.69 Å². The predicted octanol–water partition coefficient (Wildman–Crippen LogP) is 3.53. The molecule has 1 aromatic rings. The molecule has 0 unspecified atom stereocenters. The number of nitrogens with zero attached hydrogens (tertiary/aromatic N) is 4. The molecule has 2 amide bonds. The Morgan fingerprint density at radius 1 is 1.21 bits per heavy atom. The Hall–Kier alpha value is -2.42. The molecule has 0 radical (unpaired) electrons.